The summed E-state index contributed by atoms with van der Waals surface area (Å²) in [5.41, 5.74) is 8.01. The van der Waals surface area contributed by atoms with Crippen molar-refractivity contribution >= 4 is 93.0 Å². The van der Waals surface area contributed by atoms with Crippen LogP contribution in [0.15, 0.2) is 115 Å². The molecule has 0 saturated carbocycles. The third-order valence-corrected chi connectivity index (χ3v) is 7.78. The molecule has 9 aromatic rings. The summed E-state index contributed by atoms with van der Waals surface area (Å²) in [7, 11) is 0. The number of aromatic nitrogens is 6. The number of nitrogens with zero attached hydrogens (tertiary/aromatic N) is 6. The largest absolute Gasteiger partial charge is 0.437 e. The van der Waals surface area contributed by atoms with Crippen LogP contribution in [-0.4, -0.2) is 29.9 Å². The highest BCUT2D eigenvalue weighted by atomic mass is 16.4. The first-order valence-corrected chi connectivity index (χ1v) is 15.8. The average molecular weight is 653 g/mol. The third kappa shape index (κ3) is 5.88. The maximum Gasteiger partial charge on any atom is 0.220 e. The van der Waals surface area contributed by atoms with Gasteiger partial charge in [-0.2, -0.15) is 0 Å². The summed E-state index contributed by atoms with van der Waals surface area (Å²) in [6.07, 6.45) is 14.3. The van der Waals surface area contributed by atoms with E-state index >= 15 is 0 Å². The number of para-hydroxylation sites is 8. The van der Waals surface area contributed by atoms with E-state index in [0.29, 0.717) is 68.7 Å². The maximum absolute atomic E-state index is 5.94. The zero-order valence-corrected chi connectivity index (χ0v) is 26.2. The molecule has 0 amide bonds. The van der Waals surface area contributed by atoms with Gasteiger partial charge in [0.2, 0.25) is 23.6 Å². The summed E-state index contributed by atoms with van der Waals surface area (Å²) in [5.74, 6) is 1.74. The molecule has 50 heavy (non-hydrogen) atoms. The Labute approximate surface area is 283 Å². The van der Waals surface area contributed by atoms with Gasteiger partial charge in [0.15, 0.2) is 22.3 Å². The van der Waals surface area contributed by atoms with Crippen LogP contribution < -0.4 is 0 Å². The van der Waals surface area contributed by atoms with E-state index in [2.05, 4.69) is 19.9 Å². The lowest BCUT2D eigenvalue weighted by molar-refractivity contribution is 0.589. The van der Waals surface area contributed by atoms with Crippen molar-refractivity contribution in [1.82, 2.24) is 29.9 Å². The third-order valence-electron chi connectivity index (χ3n) is 7.78. The molecule has 5 aromatic heterocycles. The second-order valence-corrected chi connectivity index (χ2v) is 11.2. The fraction of sp³-hybridized carbons (Fsp3) is 0. The van der Waals surface area contributed by atoms with Gasteiger partial charge >= 0.3 is 0 Å². The Hall–Kier alpha value is -7.20. The normalized spacial score (nSPS) is 12.5. The van der Waals surface area contributed by atoms with Gasteiger partial charge in [-0.05, 0) is 72.8 Å². The van der Waals surface area contributed by atoms with Crippen LogP contribution in [0.2, 0.25) is 0 Å². The Kier molecular flexibility index (Phi) is 7.21. The van der Waals surface area contributed by atoms with Gasteiger partial charge in [-0.15, -0.1) is 0 Å². The number of rotatable bonds is 8. The van der Waals surface area contributed by atoms with E-state index in [9.17, 15) is 0 Å². The van der Waals surface area contributed by atoms with Gasteiger partial charge in [-0.1, -0.05) is 48.5 Å². The molecule has 5 heterocycles. The minimum absolute atomic E-state index is 0.436. The molecule has 0 aliphatic rings. The number of hydrogen-bond acceptors (Lipinski definition) is 10. The number of hydrogen-bond donors (Lipinski definition) is 0. The van der Waals surface area contributed by atoms with E-state index in [1.165, 1.54) is 0 Å². The number of oxazole rings is 4. The minimum Gasteiger partial charge on any atom is -0.437 e. The molecule has 0 unspecified atom stereocenters. The van der Waals surface area contributed by atoms with E-state index in [4.69, 9.17) is 27.6 Å². The molecule has 10 nitrogen and oxygen atoms in total. The van der Waals surface area contributed by atoms with Crippen molar-refractivity contribution in [2.24, 2.45) is 0 Å². The predicted molar refractivity (Wildman–Crippen MR) is 194 cm³/mol. The standard InChI is InChI=1S/C40H24N6O4/c1-5-13-33-29(9-1)43-37(47-33)21-17-25-26(18-22-38-44-30-10-2-6-14-34(30)48-38)42-28(20-24-40-46-32-12-4-8-16-36(32)50-40)27(41-25)19-23-39-45-31-11-3-7-15-35(31)49-39/h1-24H. The van der Waals surface area contributed by atoms with Crippen molar-refractivity contribution in [3.63, 3.8) is 0 Å². The Morgan fingerprint density at radius 3 is 0.760 bits per heavy atom. The molecule has 0 fully saturated rings. The predicted octanol–water partition coefficient (Wildman–Crippen LogP) is 9.72. The van der Waals surface area contributed by atoms with Gasteiger partial charge in [0.05, 0.1) is 22.8 Å². The topological polar surface area (TPSA) is 130 Å². The molecule has 9 rings (SSSR count). The molecule has 4 aromatic carbocycles. The molecule has 0 radical (unpaired) electrons. The van der Waals surface area contributed by atoms with E-state index in [1.54, 1.807) is 24.3 Å². The van der Waals surface area contributed by atoms with E-state index in [1.807, 2.05) is 121 Å². The van der Waals surface area contributed by atoms with Gasteiger partial charge in [-0.25, -0.2) is 29.9 Å². The zero-order chi connectivity index (χ0) is 33.3. The minimum atomic E-state index is 0.436. The van der Waals surface area contributed by atoms with E-state index < -0.39 is 0 Å². The lowest BCUT2D eigenvalue weighted by Crippen LogP contribution is -2.00. The van der Waals surface area contributed by atoms with Crippen molar-refractivity contribution < 1.29 is 17.7 Å². The molecule has 0 bridgehead atoms. The highest BCUT2D eigenvalue weighted by Gasteiger charge is 2.12. The summed E-state index contributed by atoms with van der Waals surface area (Å²) >= 11 is 0. The SMILES string of the molecule is C(=Cc1nc(C=Cc2nc3ccccc3o2)c(C=Cc2nc3ccccc3o2)nc1C=Cc1nc2ccccc2o1)c1nc2ccccc2o1. The van der Waals surface area contributed by atoms with Crippen LogP contribution in [0.4, 0.5) is 0 Å². The molecular weight excluding hydrogens is 628 g/mol. The monoisotopic (exact) mass is 652 g/mol. The molecule has 0 spiro atoms. The number of fused-ring (bicyclic) bond motifs is 4. The van der Waals surface area contributed by atoms with Crippen molar-refractivity contribution in [2.75, 3.05) is 0 Å². The summed E-state index contributed by atoms with van der Waals surface area (Å²) in [5, 5.41) is 0. The lowest BCUT2D eigenvalue weighted by Gasteiger charge is -2.06. The fourth-order valence-electron chi connectivity index (χ4n) is 5.43. The molecule has 10 heteroatoms. The van der Waals surface area contributed by atoms with Crippen molar-refractivity contribution in [1.29, 1.82) is 0 Å². The van der Waals surface area contributed by atoms with E-state index in [0.717, 1.165) is 22.1 Å². The molecule has 0 atom stereocenters. The smallest absolute Gasteiger partial charge is 0.220 e. The molecular formula is C40H24N6O4. The molecule has 0 aliphatic carbocycles. The Morgan fingerprint density at radius 1 is 0.280 bits per heavy atom. The zero-order valence-electron chi connectivity index (χ0n) is 26.2. The van der Waals surface area contributed by atoms with Crippen LogP contribution in [-0.2, 0) is 0 Å². The van der Waals surface area contributed by atoms with Crippen LogP contribution in [0.5, 0.6) is 0 Å². The first-order chi connectivity index (χ1) is 24.7. The van der Waals surface area contributed by atoms with Gasteiger partial charge < -0.3 is 17.7 Å². The van der Waals surface area contributed by atoms with Crippen LogP contribution in [0.3, 0.4) is 0 Å². The van der Waals surface area contributed by atoms with Gasteiger partial charge in [-0.3, -0.25) is 0 Å². The molecule has 0 aliphatic heterocycles. The van der Waals surface area contributed by atoms with Gasteiger partial charge in [0.1, 0.15) is 22.1 Å². The Bertz CT molecular complexity index is 2290. The van der Waals surface area contributed by atoms with Crippen molar-refractivity contribution in [2.45, 2.75) is 0 Å². The quantitative estimate of drug-likeness (QED) is 0.156. The molecule has 0 saturated heterocycles. The van der Waals surface area contributed by atoms with Gasteiger partial charge in [0, 0.05) is 24.3 Å². The van der Waals surface area contributed by atoms with Gasteiger partial charge in [0.25, 0.3) is 0 Å². The highest BCUT2D eigenvalue weighted by Crippen LogP contribution is 2.24. The van der Waals surface area contributed by atoms with Crippen LogP contribution in [0.25, 0.3) is 93.0 Å². The van der Waals surface area contributed by atoms with Crippen molar-refractivity contribution in [3.8, 4) is 0 Å². The van der Waals surface area contributed by atoms with Crippen molar-refractivity contribution in [3.05, 3.63) is 143 Å². The molecule has 0 N–H and O–H groups in total. The number of benzene rings is 4. The average Bonchev–Trinajstić information content (AvgIpc) is 3.95. The fourth-order valence-corrected chi connectivity index (χ4v) is 5.43. The van der Waals surface area contributed by atoms with Crippen LogP contribution >= 0.6 is 0 Å². The summed E-state index contributed by atoms with van der Waals surface area (Å²) < 4.78 is 23.8. The summed E-state index contributed by atoms with van der Waals surface area (Å²) in [6, 6.07) is 30.4. The second kappa shape index (κ2) is 12.4. The highest BCUT2D eigenvalue weighted by molar-refractivity contribution is 5.83. The van der Waals surface area contributed by atoms with Crippen LogP contribution in [0.1, 0.15) is 46.3 Å². The summed E-state index contributed by atoms with van der Waals surface area (Å²) in [4.78, 5) is 28.4. The maximum atomic E-state index is 5.94. The first kappa shape index (κ1) is 29.0. The van der Waals surface area contributed by atoms with E-state index in [-0.39, 0.29) is 0 Å². The first-order valence-electron chi connectivity index (χ1n) is 15.8. The Balaban J connectivity index is 1.16. The second-order valence-electron chi connectivity index (χ2n) is 11.2. The van der Waals surface area contributed by atoms with Crippen LogP contribution in [0, 0.1) is 0 Å². The summed E-state index contributed by atoms with van der Waals surface area (Å²) in [6.45, 7) is 0. The Morgan fingerprint density at radius 2 is 0.520 bits per heavy atom. The molecule has 238 valence electrons. The lowest BCUT2D eigenvalue weighted by atomic mass is 10.2.